The molecule has 2 aromatic carbocycles. The standard InChI is InChI=1S/C15H10BrFN2O2S/c16-8-1-3-10(11(17)5-8)15(21)18-9-2-4-13-12(6-9)19-14(20)7-22-13/h1-6H,7H2,(H,18,21)(H,19,20). The molecule has 2 amide bonds. The first-order valence-electron chi connectivity index (χ1n) is 6.36. The van der Waals surface area contributed by atoms with Crippen LogP contribution in [0.4, 0.5) is 15.8 Å². The number of hydrogen-bond acceptors (Lipinski definition) is 3. The van der Waals surface area contributed by atoms with Crippen LogP contribution < -0.4 is 10.6 Å². The van der Waals surface area contributed by atoms with Crippen LogP contribution in [0, 0.1) is 5.82 Å². The van der Waals surface area contributed by atoms with Crippen LogP contribution in [0.3, 0.4) is 0 Å². The second kappa shape index (κ2) is 6.10. The number of anilines is 2. The van der Waals surface area contributed by atoms with Crippen LogP contribution >= 0.6 is 27.7 Å². The highest BCUT2D eigenvalue weighted by Gasteiger charge is 2.17. The Hall–Kier alpha value is -1.86. The summed E-state index contributed by atoms with van der Waals surface area (Å²) in [5.74, 6) is -0.851. The maximum atomic E-state index is 13.8. The first kappa shape index (κ1) is 15.1. The summed E-state index contributed by atoms with van der Waals surface area (Å²) in [6.07, 6.45) is 0. The van der Waals surface area contributed by atoms with E-state index in [1.165, 1.54) is 23.9 Å². The number of carbonyl (C=O) groups excluding carboxylic acids is 2. The Morgan fingerprint density at radius 2 is 2.09 bits per heavy atom. The van der Waals surface area contributed by atoms with Crippen LogP contribution in [0.5, 0.6) is 0 Å². The van der Waals surface area contributed by atoms with Gasteiger partial charge in [0.2, 0.25) is 5.91 Å². The zero-order valence-corrected chi connectivity index (χ0v) is 13.6. The third kappa shape index (κ3) is 3.15. The number of fused-ring (bicyclic) bond motifs is 1. The number of carbonyl (C=O) groups is 2. The predicted molar refractivity (Wildman–Crippen MR) is 87.8 cm³/mol. The summed E-state index contributed by atoms with van der Waals surface area (Å²) in [6.45, 7) is 0. The van der Waals surface area contributed by atoms with Crippen molar-refractivity contribution in [1.82, 2.24) is 0 Å². The number of halogens is 2. The van der Waals surface area contributed by atoms with Crippen molar-refractivity contribution in [2.24, 2.45) is 0 Å². The Labute approximate surface area is 138 Å². The number of nitrogens with one attached hydrogen (secondary N) is 2. The predicted octanol–water partition coefficient (Wildman–Crippen LogP) is 3.88. The molecule has 0 saturated heterocycles. The fraction of sp³-hybridized carbons (Fsp3) is 0.0667. The summed E-state index contributed by atoms with van der Waals surface area (Å²) in [5.41, 5.74) is 1.10. The van der Waals surface area contributed by atoms with Crippen molar-refractivity contribution in [3.63, 3.8) is 0 Å². The largest absolute Gasteiger partial charge is 0.324 e. The molecule has 0 fully saturated rings. The molecule has 3 rings (SSSR count). The van der Waals surface area contributed by atoms with Gasteiger partial charge in [0.05, 0.1) is 17.0 Å². The lowest BCUT2D eigenvalue weighted by Crippen LogP contribution is -2.19. The molecule has 0 bridgehead atoms. The second-order valence-corrected chi connectivity index (χ2v) is 6.56. The third-order valence-electron chi connectivity index (χ3n) is 3.05. The lowest BCUT2D eigenvalue weighted by atomic mass is 10.2. The van der Waals surface area contributed by atoms with Crippen molar-refractivity contribution in [3.05, 3.63) is 52.3 Å². The van der Waals surface area contributed by atoms with Gasteiger partial charge in [-0.2, -0.15) is 0 Å². The molecule has 0 saturated carbocycles. The minimum absolute atomic E-state index is 0.0423. The molecule has 2 aromatic rings. The van der Waals surface area contributed by atoms with Gasteiger partial charge in [-0.05, 0) is 36.4 Å². The highest BCUT2D eigenvalue weighted by molar-refractivity contribution is 9.10. The van der Waals surface area contributed by atoms with E-state index in [1.807, 2.05) is 6.07 Å². The van der Waals surface area contributed by atoms with Crippen LogP contribution in [0.15, 0.2) is 45.8 Å². The van der Waals surface area contributed by atoms with E-state index in [9.17, 15) is 14.0 Å². The molecule has 1 heterocycles. The van der Waals surface area contributed by atoms with Gasteiger partial charge in [0.1, 0.15) is 5.82 Å². The van der Waals surface area contributed by atoms with Gasteiger partial charge >= 0.3 is 0 Å². The van der Waals surface area contributed by atoms with Crippen molar-refractivity contribution < 1.29 is 14.0 Å². The Morgan fingerprint density at radius 1 is 1.27 bits per heavy atom. The molecule has 0 aliphatic carbocycles. The molecule has 0 atom stereocenters. The molecular formula is C15H10BrFN2O2S. The van der Waals surface area contributed by atoms with Gasteiger partial charge in [0, 0.05) is 15.1 Å². The van der Waals surface area contributed by atoms with Crippen molar-refractivity contribution in [2.75, 3.05) is 16.4 Å². The molecule has 112 valence electrons. The fourth-order valence-corrected chi connectivity index (χ4v) is 3.15. The summed E-state index contributed by atoms with van der Waals surface area (Å²) in [7, 11) is 0. The molecule has 7 heteroatoms. The molecule has 0 unspecified atom stereocenters. The van der Waals surface area contributed by atoms with Gasteiger partial charge in [-0.15, -0.1) is 11.8 Å². The normalized spacial score (nSPS) is 13.3. The summed E-state index contributed by atoms with van der Waals surface area (Å²) in [4.78, 5) is 24.4. The van der Waals surface area contributed by atoms with Crippen molar-refractivity contribution in [2.45, 2.75) is 4.90 Å². The molecule has 0 aromatic heterocycles. The monoisotopic (exact) mass is 380 g/mol. The summed E-state index contributed by atoms with van der Waals surface area (Å²) >= 11 is 4.58. The smallest absolute Gasteiger partial charge is 0.258 e. The Bertz CT molecular complexity index is 782. The van der Waals surface area contributed by atoms with E-state index in [4.69, 9.17) is 0 Å². The molecular weight excluding hydrogens is 371 g/mol. The van der Waals surface area contributed by atoms with Gasteiger partial charge in [-0.3, -0.25) is 9.59 Å². The molecule has 0 radical (unpaired) electrons. The first-order valence-corrected chi connectivity index (χ1v) is 8.14. The molecule has 1 aliphatic heterocycles. The summed E-state index contributed by atoms with van der Waals surface area (Å²) < 4.78 is 14.3. The van der Waals surface area contributed by atoms with Crippen LogP contribution in [0.1, 0.15) is 10.4 Å². The van der Waals surface area contributed by atoms with Gasteiger partial charge in [-0.1, -0.05) is 15.9 Å². The molecule has 22 heavy (non-hydrogen) atoms. The SMILES string of the molecule is O=C1CSc2ccc(NC(=O)c3ccc(Br)cc3F)cc2N1. The quantitative estimate of drug-likeness (QED) is 0.830. The number of rotatable bonds is 2. The zero-order valence-electron chi connectivity index (χ0n) is 11.2. The van der Waals surface area contributed by atoms with E-state index < -0.39 is 11.7 Å². The Balaban J connectivity index is 1.82. The average Bonchev–Trinajstić information content (AvgIpc) is 2.46. The first-order chi connectivity index (χ1) is 10.5. The second-order valence-electron chi connectivity index (χ2n) is 4.63. The minimum atomic E-state index is -0.603. The highest BCUT2D eigenvalue weighted by Crippen LogP contribution is 2.33. The number of hydrogen-bond donors (Lipinski definition) is 2. The van der Waals surface area contributed by atoms with Gasteiger partial charge in [0.25, 0.3) is 5.91 Å². The lowest BCUT2D eigenvalue weighted by molar-refractivity contribution is -0.113. The molecule has 4 nitrogen and oxygen atoms in total. The van der Waals surface area contributed by atoms with Gasteiger partial charge in [0.15, 0.2) is 0 Å². The Kier molecular flexibility index (Phi) is 4.17. The fourth-order valence-electron chi connectivity index (χ4n) is 2.03. The number of thioether (sulfide) groups is 1. The molecule has 0 spiro atoms. The van der Waals surface area contributed by atoms with Crippen LogP contribution in [0.25, 0.3) is 0 Å². The van der Waals surface area contributed by atoms with Gasteiger partial charge < -0.3 is 10.6 Å². The van der Waals surface area contributed by atoms with E-state index in [0.29, 0.717) is 21.6 Å². The number of benzene rings is 2. The van der Waals surface area contributed by atoms with Crippen molar-refractivity contribution in [1.29, 1.82) is 0 Å². The Morgan fingerprint density at radius 3 is 2.86 bits per heavy atom. The maximum absolute atomic E-state index is 13.8. The van der Waals surface area contributed by atoms with Crippen molar-refractivity contribution in [3.8, 4) is 0 Å². The minimum Gasteiger partial charge on any atom is -0.324 e. The zero-order chi connectivity index (χ0) is 15.7. The van der Waals surface area contributed by atoms with E-state index >= 15 is 0 Å². The summed E-state index contributed by atoms with van der Waals surface area (Å²) in [6, 6.07) is 9.43. The maximum Gasteiger partial charge on any atom is 0.258 e. The highest BCUT2D eigenvalue weighted by atomic mass is 79.9. The van der Waals surface area contributed by atoms with Crippen LogP contribution in [-0.2, 0) is 4.79 Å². The third-order valence-corrected chi connectivity index (χ3v) is 4.61. The summed E-state index contributed by atoms with van der Waals surface area (Å²) in [5, 5.41) is 5.37. The van der Waals surface area contributed by atoms with E-state index in [-0.39, 0.29) is 11.5 Å². The van der Waals surface area contributed by atoms with Crippen LogP contribution in [-0.4, -0.2) is 17.6 Å². The lowest BCUT2D eigenvalue weighted by Gasteiger charge is -2.17. The number of amides is 2. The van der Waals surface area contributed by atoms with E-state index in [0.717, 1.165) is 4.90 Å². The molecule has 1 aliphatic rings. The van der Waals surface area contributed by atoms with Crippen molar-refractivity contribution >= 4 is 50.9 Å². The molecule has 2 N–H and O–H groups in total. The van der Waals surface area contributed by atoms with Gasteiger partial charge in [-0.25, -0.2) is 4.39 Å². The van der Waals surface area contributed by atoms with E-state index in [2.05, 4.69) is 26.6 Å². The van der Waals surface area contributed by atoms with Crippen LogP contribution in [0.2, 0.25) is 0 Å². The average molecular weight is 381 g/mol. The topological polar surface area (TPSA) is 58.2 Å². The van der Waals surface area contributed by atoms with E-state index in [1.54, 1.807) is 18.2 Å².